The van der Waals surface area contributed by atoms with Gasteiger partial charge in [-0.15, -0.1) is 0 Å². The van der Waals surface area contributed by atoms with E-state index < -0.39 is 0 Å². The number of hydrogen-bond donors (Lipinski definition) is 2. The SMILES string of the molecule is CC1CC(C)CC(OCCCCC(C)(C)C(N)=NO)C1. The first-order chi connectivity index (χ1) is 9.35. The van der Waals surface area contributed by atoms with Crippen LogP contribution in [0.4, 0.5) is 0 Å². The van der Waals surface area contributed by atoms with Gasteiger partial charge >= 0.3 is 0 Å². The summed E-state index contributed by atoms with van der Waals surface area (Å²) in [6.07, 6.45) is 7.21. The molecule has 4 nitrogen and oxygen atoms in total. The normalized spacial score (nSPS) is 28.6. The van der Waals surface area contributed by atoms with Gasteiger partial charge in [-0.1, -0.05) is 39.3 Å². The molecule has 4 heteroatoms. The van der Waals surface area contributed by atoms with E-state index in [0.29, 0.717) is 11.9 Å². The van der Waals surface area contributed by atoms with Crippen molar-refractivity contribution in [2.45, 2.75) is 72.3 Å². The summed E-state index contributed by atoms with van der Waals surface area (Å²) in [5.74, 6) is 1.90. The van der Waals surface area contributed by atoms with E-state index in [0.717, 1.165) is 37.7 Å². The maximum absolute atomic E-state index is 8.73. The van der Waals surface area contributed by atoms with Crippen LogP contribution in [0.2, 0.25) is 0 Å². The Morgan fingerprint density at radius 2 is 1.80 bits per heavy atom. The van der Waals surface area contributed by atoms with E-state index in [2.05, 4.69) is 19.0 Å². The van der Waals surface area contributed by atoms with E-state index in [1.54, 1.807) is 0 Å². The Morgan fingerprint density at radius 1 is 1.20 bits per heavy atom. The lowest BCUT2D eigenvalue weighted by Crippen LogP contribution is -2.32. The third kappa shape index (κ3) is 5.70. The Bertz CT molecular complexity index is 306. The maximum atomic E-state index is 8.73. The van der Waals surface area contributed by atoms with Crippen LogP contribution >= 0.6 is 0 Å². The Kier molecular flexibility index (Phi) is 6.80. The molecule has 118 valence electrons. The zero-order valence-corrected chi connectivity index (χ0v) is 13.6. The van der Waals surface area contributed by atoms with Crippen molar-refractivity contribution >= 4 is 5.84 Å². The lowest BCUT2D eigenvalue weighted by molar-refractivity contribution is -0.000954. The van der Waals surface area contributed by atoms with E-state index in [1.165, 1.54) is 19.3 Å². The summed E-state index contributed by atoms with van der Waals surface area (Å²) in [5, 5.41) is 11.8. The average Bonchev–Trinajstić information content (AvgIpc) is 2.36. The van der Waals surface area contributed by atoms with Gasteiger partial charge < -0.3 is 15.7 Å². The second-order valence-corrected chi connectivity index (χ2v) is 7.24. The zero-order valence-electron chi connectivity index (χ0n) is 13.6. The molecule has 1 rings (SSSR count). The van der Waals surface area contributed by atoms with Crippen LogP contribution < -0.4 is 5.73 Å². The van der Waals surface area contributed by atoms with E-state index in [4.69, 9.17) is 15.7 Å². The summed E-state index contributed by atoms with van der Waals surface area (Å²) in [5.41, 5.74) is 5.45. The minimum Gasteiger partial charge on any atom is -0.409 e. The molecule has 0 aromatic heterocycles. The Hall–Kier alpha value is -0.770. The van der Waals surface area contributed by atoms with Gasteiger partial charge in [-0.3, -0.25) is 0 Å². The van der Waals surface area contributed by atoms with Crippen molar-refractivity contribution in [2.24, 2.45) is 28.1 Å². The van der Waals surface area contributed by atoms with Crippen molar-refractivity contribution in [2.75, 3.05) is 6.61 Å². The smallest absolute Gasteiger partial charge is 0.144 e. The summed E-state index contributed by atoms with van der Waals surface area (Å²) in [6, 6.07) is 0. The zero-order chi connectivity index (χ0) is 15.2. The highest BCUT2D eigenvalue weighted by atomic mass is 16.5. The maximum Gasteiger partial charge on any atom is 0.144 e. The molecular weight excluding hydrogens is 252 g/mol. The van der Waals surface area contributed by atoms with E-state index in [-0.39, 0.29) is 5.41 Å². The molecule has 3 N–H and O–H groups in total. The molecule has 0 aromatic rings. The quantitative estimate of drug-likeness (QED) is 0.246. The summed E-state index contributed by atoms with van der Waals surface area (Å²) in [4.78, 5) is 0. The minimum atomic E-state index is -0.234. The van der Waals surface area contributed by atoms with Crippen molar-refractivity contribution in [3.8, 4) is 0 Å². The molecule has 0 heterocycles. The van der Waals surface area contributed by atoms with Crippen molar-refractivity contribution in [1.29, 1.82) is 0 Å². The Labute approximate surface area is 123 Å². The summed E-state index contributed by atoms with van der Waals surface area (Å²) < 4.78 is 6.01. The summed E-state index contributed by atoms with van der Waals surface area (Å²) >= 11 is 0. The molecule has 1 fully saturated rings. The third-order valence-corrected chi connectivity index (χ3v) is 4.49. The topological polar surface area (TPSA) is 67.8 Å². The second-order valence-electron chi connectivity index (χ2n) is 7.24. The predicted molar refractivity (Wildman–Crippen MR) is 83.0 cm³/mol. The molecule has 20 heavy (non-hydrogen) atoms. The van der Waals surface area contributed by atoms with Crippen LogP contribution in [0, 0.1) is 17.3 Å². The lowest BCUT2D eigenvalue weighted by Gasteiger charge is -2.31. The first-order valence-corrected chi connectivity index (χ1v) is 7.94. The van der Waals surface area contributed by atoms with Crippen LogP contribution in [0.15, 0.2) is 5.16 Å². The van der Waals surface area contributed by atoms with Gasteiger partial charge in [0.1, 0.15) is 5.84 Å². The number of hydrogen-bond acceptors (Lipinski definition) is 3. The van der Waals surface area contributed by atoms with Gasteiger partial charge in [0.05, 0.1) is 6.10 Å². The number of ether oxygens (including phenoxy) is 1. The summed E-state index contributed by atoms with van der Waals surface area (Å²) in [6.45, 7) is 9.49. The fourth-order valence-corrected chi connectivity index (χ4v) is 3.19. The third-order valence-electron chi connectivity index (χ3n) is 4.49. The van der Waals surface area contributed by atoms with Gasteiger partial charge in [0, 0.05) is 12.0 Å². The molecule has 2 unspecified atom stereocenters. The van der Waals surface area contributed by atoms with Crippen molar-refractivity contribution in [3.63, 3.8) is 0 Å². The fourth-order valence-electron chi connectivity index (χ4n) is 3.19. The van der Waals surface area contributed by atoms with Gasteiger partial charge in [-0.2, -0.15) is 0 Å². The van der Waals surface area contributed by atoms with E-state index in [9.17, 15) is 0 Å². The average molecular weight is 284 g/mol. The Morgan fingerprint density at radius 3 is 2.35 bits per heavy atom. The number of rotatable bonds is 7. The molecule has 0 radical (unpaired) electrons. The van der Waals surface area contributed by atoms with E-state index >= 15 is 0 Å². The summed E-state index contributed by atoms with van der Waals surface area (Å²) in [7, 11) is 0. The first kappa shape index (κ1) is 17.3. The van der Waals surface area contributed by atoms with Gasteiger partial charge in [0.2, 0.25) is 0 Å². The van der Waals surface area contributed by atoms with Crippen LogP contribution in [-0.4, -0.2) is 23.8 Å². The molecule has 0 aliphatic heterocycles. The molecular formula is C16H32N2O2. The first-order valence-electron chi connectivity index (χ1n) is 7.94. The molecule has 1 saturated carbocycles. The van der Waals surface area contributed by atoms with Crippen LogP contribution in [0.3, 0.4) is 0 Å². The van der Waals surface area contributed by atoms with E-state index in [1.807, 2.05) is 13.8 Å². The standard InChI is InChI=1S/C16H32N2O2/c1-12-9-13(2)11-14(10-12)20-8-6-5-7-16(3,4)15(17)18-19/h12-14,19H,5-11H2,1-4H3,(H2,17,18). The lowest BCUT2D eigenvalue weighted by atomic mass is 9.82. The van der Waals surface area contributed by atoms with Gasteiger partial charge in [-0.25, -0.2) is 0 Å². The highest BCUT2D eigenvalue weighted by Gasteiger charge is 2.25. The van der Waals surface area contributed by atoms with Gasteiger partial charge in [-0.05, 0) is 43.9 Å². The number of nitrogens with two attached hydrogens (primary N) is 1. The highest BCUT2D eigenvalue weighted by Crippen LogP contribution is 2.30. The van der Waals surface area contributed by atoms with Crippen LogP contribution in [-0.2, 0) is 4.74 Å². The molecule has 2 atom stereocenters. The van der Waals surface area contributed by atoms with Gasteiger partial charge in [0.15, 0.2) is 0 Å². The number of amidine groups is 1. The van der Waals surface area contributed by atoms with Crippen LogP contribution in [0.1, 0.15) is 66.2 Å². The minimum absolute atomic E-state index is 0.234. The fraction of sp³-hybridized carbons (Fsp3) is 0.938. The molecule has 0 bridgehead atoms. The predicted octanol–water partition coefficient (Wildman–Crippen LogP) is 3.77. The number of oxime groups is 1. The molecule has 1 aliphatic rings. The molecule has 0 saturated heterocycles. The largest absolute Gasteiger partial charge is 0.409 e. The van der Waals surface area contributed by atoms with Crippen molar-refractivity contribution < 1.29 is 9.94 Å². The molecule has 0 aromatic carbocycles. The van der Waals surface area contributed by atoms with Crippen molar-refractivity contribution in [3.05, 3.63) is 0 Å². The Balaban J connectivity index is 2.16. The highest BCUT2D eigenvalue weighted by molar-refractivity contribution is 5.85. The van der Waals surface area contributed by atoms with Crippen LogP contribution in [0.25, 0.3) is 0 Å². The van der Waals surface area contributed by atoms with Crippen LogP contribution in [0.5, 0.6) is 0 Å². The monoisotopic (exact) mass is 284 g/mol. The molecule has 0 amide bonds. The van der Waals surface area contributed by atoms with Crippen molar-refractivity contribution in [1.82, 2.24) is 0 Å². The number of nitrogens with zero attached hydrogens (tertiary/aromatic N) is 1. The number of unbranched alkanes of at least 4 members (excludes halogenated alkanes) is 1. The second kappa shape index (κ2) is 7.87. The molecule has 0 spiro atoms. The van der Waals surface area contributed by atoms with Gasteiger partial charge in [0.25, 0.3) is 0 Å². The molecule has 1 aliphatic carbocycles.